The van der Waals surface area contributed by atoms with Crippen LogP contribution in [0.5, 0.6) is 0 Å². The van der Waals surface area contributed by atoms with Crippen LogP contribution in [0.3, 0.4) is 0 Å². The van der Waals surface area contributed by atoms with Gasteiger partial charge in [-0.05, 0) is 24.6 Å². The second-order valence-electron chi connectivity index (χ2n) is 5.16. The van der Waals surface area contributed by atoms with Gasteiger partial charge in [-0.25, -0.2) is 17.9 Å². The number of carbonyl (C=O) groups excluding carboxylic acids is 1. The number of alkyl halides is 3. The summed E-state index contributed by atoms with van der Waals surface area (Å²) in [6.45, 7) is 3.09. The summed E-state index contributed by atoms with van der Waals surface area (Å²) in [6.07, 6.45) is -6.54. The van der Waals surface area contributed by atoms with E-state index in [0.717, 1.165) is 6.07 Å². The Bertz CT molecular complexity index is 762. The molecule has 0 aliphatic rings. The normalized spacial score (nSPS) is 13.3. The van der Waals surface area contributed by atoms with E-state index in [-0.39, 0.29) is 22.6 Å². The van der Waals surface area contributed by atoms with Crippen molar-refractivity contribution >= 4 is 21.9 Å². The van der Waals surface area contributed by atoms with Crippen LogP contribution < -0.4 is 10.0 Å². The summed E-state index contributed by atoms with van der Waals surface area (Å²) in [5.41, 5.74) is 0.0523. The molecule has 1 aromatic rings. The predicted octanol–water partition coefficient (Wildman–Crippen LogP) is 1.43. The number of aryl methyl sites for hydroxylation is 1. The Labute approximate surface area is 142 Å². The van der Waals surface area contributed by atoms with Gasteiger partial charge in [0.25, 0.3) is 5.91 Å². The quantitative estimate of drug-likeness (QED) is 0.660. The van der Waals surface area contributed by atoms with Crippen LogP contribution in [0.15, 0.2) is 23.1 Å². The number of sulfonamides is 1. The van der Waals surface area contributed by atoms with Crippen molar-refractivity contribution in [2.45, 2.75) is 37.4 Å². The van der Waals surface area contributed by atoms with Crippen LogP contribution >= 0.6 is 0 Å². The Morgan fingerprint density at radius 1 is 1.28 bits per heavy atom. The van der Waals surface area contributed by atoms with Crippen LogP contribution in [-0.2, 0) is 14.8 Å². The highest BCUT2D eigenvalue weighted by Crippen LogP contribution is 2.22. The van der Waals surface area contributed by atoms with Gasteiger partial charge in [0.15, 0.2) is 0 Å². The molecule has 0 aromatic heterocycles. The average molecular weight is 382 g/mol. The molecule has 11 heteroatoms. The molecular formula is C14H17F3N2O5S. The third-order valence-corrected chi connectivity index (χ3v) is 4.68. The molecule has 1 amide bonds. The van der Waals surface area contributed by atoms with Crippen LogP contribution in [0, 0.1) is 6.92 Å². The zero-order chi connectivity index (χ0) is 19.4. The van der Waals surface area contributed by atoms with E-state index in [2.05, 4.69) is 4.72 Å². The third kappa shape index (κ3) is 6.02. The molecule has 0 saturated heterocycles. The van der Waals surface area contributed by atoms with Gasteiger partial charge in [-0.3, -0.25) is 4.79 Å². The van der Waals surface area contributed by atoms with E-state index < -0.39 is 40.5 Å². The topological polar surface area (TPSA) is 113 Å². The minimum atomic E-state index is -4.79. The maximum atomic E-state index is 12.4. The first-order valence-corrected chi connectivity index (χ1v) is 8.56. The van der Waals surface area contributed by atoms with E-state index in [1.165, 1.54) is 19.1 Å². The summed E-state index contributed by atoms with van der Waals surface area (Å²) in [5.74, 6) is -2.96. The molecule has 3 N–H and O–H groups in total. The monoisotopic (exact) mass is 382 g/mol. The molecule has 0 bridgehead atoms. The van der Waals surface area contributed by atoms with E-state index in [0.29, 0.717) is 0 Å². The lowest BCUT2D eigenvalue weighted by Crippen LogP contribution is -2.43. The fourth-order valence-electron chi connectivity index (χ4n) is 1.95. The lowest BCUT2D eigenvalue weighted by atomic mass is 10.1. The highest BCUT2D eigenvalue weighted by Gasteiger charge is 2.36. The fraction of sp³-hybridized carbons (Fsp3) is 0.429. The van der Waals surface area contributed by atoms with Crippen LogP contribution in [0.25, 0.3) is 0 Å². The number of halogens is 3. The first kappa shape index (κ1) is 20.9. The maximum Gasteiger partial charge on any atom is 0.391 e. The number of carboxylic acid groups (broad SMARTS) is 1. The number of nitrogens with one attached hydrogen (secondary N) is 2. The molecule has 1 aromatic carbocycles. The van der Waals surface area contributed by atoms with Gasteiger partial charge < -0.3 is 10.4 Å². The van der Waals surface area contributed by atoms with E-state index in [9.17, 15) is 31.2 Å². The second kappa shape index (κ2) is 7.83. The molecule has 0 spiro atoms. The molecule has 25 heavy (non-hydrogen) atoms. The number of carbonyl (C=O) groups is 2. The molecule has 0 heterocycles. The summed E-state index contributed by atoms with van der Waals surface area (Å²) in [7, 11) is -3.88. The van der Waals surface area contributed by atoms with E-state index in [1.807, 2.05) is 0 Å². The van der Waals surface area contributed by atoms with Gasteiger partial charge >= 0.3 is 12.1 Å². The number of hydrogen-bond acceptors (Lipinski definition) is 4. The van der Waals surface area contributed by atoms with Crippen molar-refractivity contribution in [1.29, 1.82) is 0 Å². The molecule has 0 fully saturated rings. The smallest absolute Gasteiger partial charge is 0.391 e. The summed E-state index contributed by atoms with van der Waals surface area (Å²) in [6, 6.07) is 1.34. The van der Waals surface area contributed by atoms with Gasteiger partial charge in [0.2, 0.25) is 10.0 Å². The van der Waals surface area contributed by atoms with Gasteiger partial charge in [-0.1, -0.05) is 13.0 Å². The molecule has 1 atom stereocenters. The molecule has 1 rings (SSSR count). The lowest BCUT2D eigenvalue weighted by Gasteiger charge is -2.17. The molecule has 0 radical (unpaired) electrons. The zero-order valence-electron chi connectivity index (χ0n) is 13.3. The van der Waals surface area contributed by atoms with Gasteiger partial charge in [0, 0.05) is 12.1 Å². The first-order chi connectivity index (χ1) is 11.4. The fourth-order valence-corrected chi connectivity index (χ4v) is 3.02. The van der Waals surface area contributed by atoms with Gasteiger partial charge in [0.05, 0.1) is 11.3 Å². The van der Waals surface area contributed by atoms with E-state index in [1.54, 1.807) is 12.2 Å². The van der Waals surface area contributed by atoms with Gasteiger partial charge in [-0.2, -0.15) is 13.2 Å². The number of benzene rings is 1. The number of rotatable bonds is 7. The Morgan fingerprint density at radius 2 is 1.88 bits per heavy atom. The Hall–Kier alpha value is -2.14. The third-order valence-electron chi connectivity index (χ3n) is 3.14. The van der Waals surface area contributed by atoms with Gasteiger partial charge in [0.1, 0.15) is 6.04 Å². The summed E-state index contributed by atoms with van der Waals surface area (Å²) in [5, 5.41) is 10.6. The van der Waals surface area contributed by atoms with Crippen molar-refractivity contribution in [1.82, 2.24) is 10.0 Å². The van der Waals surface area contributed by atoms with Crippen LogP contribution in [0.1, 0.15) is 29.3 Å². The van der Waals surface area contributed by atoms with Crippen LogP contribution in [0.2, 0.25) is 0 Å². The maximum absolute atomic E-state index is 12.4. The minimum Gasteiger partial charge on any atom is -0.480 e. The minimum absolute atomic E-state index is 0.102. The van der Waals surface area contributed by atoms with Crippen molar-refractivity contribution in [2.24, 2.45) is 0 Å². The average Bonchev–Trinajstić information content (AvgIpc) is 2.45. The molecule has 0 saturated carbocycles. The molecule has 7 nitrogen and oxygen atoms in total. The Morgan fingerprint density at radius 3 is 2.36 bits per heavy atom. The molecular weight excluding hydrogens is 365 g/mol. The summed E-state index contributed by atoms with van der Waals surface area (Å²) >= 11 is 0. The van der Waals surface area contributed by atoms with Crippen molar-refractivity contribution in [2.75, 3.05) is 6.54 Å². The molecule has 0 aliphatic carbocycles. The van der Waals surface area contributed by atoms with Gasteiger partial charge in [-0.15, -0.1) is 0 Å². The summed E-state index contributed by atoms with van der Waals surface area (Å²) in [4.78, 5) is 22.8. The van der Waals surface area contributed by atoms with Crippen LogP contribution in [0.4, 0.5) is 13.2 Å². The molecule has 1 unspecified atom stereocenters. The van der Waals surface area contributed by atoms with Crippen molar-refractivity contribution in [3.05, 3.63) is 29.3 Å². The summed E-state index contributed by atoms with van der Waals surface area (Å²) < 4.78 is 63.3. The van der Waals surface area contributed by atoms with Crippen molar-refractivity contribution in [3.8, 4) is 0 Å². The zero-order valence-corrected chi connectivity index (χ0v) is 14.2. The largest absolute Gasteiger partial charge is 0.480 e. The molecule has 0 aliphatic heterocycles. The molecule has 140 valence electrons. The predicted molar refractivity (Wildman–Crippen MR) is 81.6 cm³/mol. The highest BCUT2D eigenvalue weighted by atomic mass is 32.2. The number of aliphatic carboxylic acids is 1. The van der Waals surface area contributed by atoms with Crippen molar-refractivity contribution < 1.29 is 36.3 Å². The number of carboxylic acids is 1. The van der Waals surface area contributed by atoms with E-state index >= 15 is 0 Å². The van der Waals surface area contributed by atoms with E-state index in [4.69, 9.17) is 5.11 Å². The Kier molecular flexibility index (Phi) is 6.54. The first-order valence-electron chi connectivity index (χ1n) is 7.08. The number of hydrogen-bond donors (Lipinski definition) is 3. The number of amides is 1. The van der Waals surface area contributed by atoms with Crippen LogP contribution in [-0.4, -0.2) is 44.2 Å². The van der Waals surface area contributed by atoms with Crippen molar-refractivity contribution in [3.63, 3.8) is 0 Å². The lowest BCUT2D eigenvalue weighted by molar-refractivity contribution is -0.157. The SMILES string of the molecule is CCNS(=O)(=O)c1ccc(C)c(C(=O)NC(CC(F)(F)F)C(=O)O)c1. The second-order valence-corrected chi connectivity index (χ2v) is 6.93. The standard InChI is InChI=1S/C14H17F3N2O5S/c1-3-18-25(23,24)9-5-4-8(2)10(6-9)12(20)19-11(13(21)22)7-14(15,16)17/h4-6,11,18H,3,7H2,1-2H3,(H,19,20)(H,21,22). The highest BCUT2D eigenvalue weighted by molar-refractivity contribution is 7.89. The Balaban J connectivity index is 3.14.